The molecule has 0 spiro atoms. The Labute approximate surface area is 177 Å². The van der Waals surface area contributed by atoms with Crippen LogP contribution in [-0.2, 0) is 17.9 Å². The van der Waals surface area contributed by atoms with Crippen LogP contribution in [0.3, 0.4) is 0 Å². The predicted octanol–water partition coefficient (Wildman–Crippen LogP) is 4.13. The van der Waals surface area contributed by atoms with Gasteiger partial charge in [0.15, 0.2) is 4.77 Å². The first kappa shape index (κ1) is 21.1. The Bertz CT molecular complexity index is 1160. The second-order valence-electron chi connectivity index (χ2n) is 6.09. The number of para-hydroxylation sites is 1. The molecule has 0 atom stereocenters. The first-order chi connectivity index (χ1) is 13.8. The van der Waals surface area contributed by atoms with Crippen LogP contribution in [-0.4, -0.2) is 22.1 Å². The van der Waals surface area contributed by atoms with Crippen LogP contribution < -0.4 is 15.6 Å². The molecule has 1 aromatic heterocycles. The van der Waals surface area contributed by atoms with Gasteiger partial charge in [-0.15, -0.1) is 0 Å². The Hall–Kier alpha value is -2.59. The molecule has 0 unspecified atom stereocenters. The summed E-state index contributed by atoms with van der Waals surface area (Å²) in [6, 6.07) is 11.5. The third kappa shape index (κ3) is 5.27. The van der Waals surface area contributed by atoms with Gasteiger partial charge in [-0.05, 0) is 42.5 Å². The lowest BCUT2D eigenvalue weighted by Gasteiger charge is -2.12. The van der Waals surface area contributed by atoms with Gasteiger partial charge in [0.25, 0.3) is 5.56 Å². The molecule has 3 rings (SSSR count). The van der Waals surface area contributed by atoms with Crippen molar-refractivity contribution in [2.45, 2.75) is 26.1 Å². The minimum absolute atomic E-state index is 0.000195. The van der Waals surface area contributed by atoms with Crippen molar-refractivity contribution in [3.8, 4) is 5.75 Å². The number of nitrogens with zero attached hydrogens (tertiary/aromatic N) is 1. The van der Waals surface area contributed by atoms with Crippen molar-refractivity contribution in [3.63, 3.8) is 0 Å². The molecular formula is C19H16BrF2N3O3S. The van der Waals surface area contributed by atoms with E-state index in [0.717, 1.165) is 0 Å². The van der Waals surface area contributed by atoms with E-state index in [0.29, 0.717) is 20.9 Å². The number of nitrogens with one attached hydrogen (secondary N) is 2. The molecule has 2 aromatic carbocycles. The average molecular weight is 484 g/mol. The Kier molecular flexibility index (Phi) is 6.75. The summed E-state index contributed by atoms with van der Waals surface area (Å²) >= 11 is 8.47. The number of fused-ring (bicyclic) bond motifs is 1. The second-order valence-corrected chi connectivity index (χ2v) is 7.39. The Morgan fingerprint density at radius 3 is 2.79 bits per heavy atom. The van der Waals surface area contributed by atoms with Crippen LogP contribution >= 0.6 is 28.1 Å². The number of rotatable bonds is 7. The topological polar surface area (TPSA) is 76.1 Å². The molecule has 152 valence electrons. The van der Waals surface area contributed by atoms with E-state index in [9.17, 15) is 18.4 Å². The van der Waals surface area contributed by atoms with Gasteiger partial charge in [0.05, 0.1) is 10.9 Å². The molecule has 0 radical (unpaired) electrons. The predicted molar refractivity (Wildman–Crippen MR) is 111 cm³/mol. The summed E-state index contributed by atoms with van der Waals surface area (Å²) in [5, 5.41) is 3.12. The van der Waals surface area contributed by atoms with E-state index in [2.05, 4.69) is 31.0 Å². The first-order valence-corrected chi connectivity index (χ1v) is 9.77. The number of amides is 1. The fourth-order valence-corrected chi connectivity index (χ4v) is 3.49. The quantitative estimate of drug-likeness (QED) is 0.495. The van der Waals surface area contributed by atoms with Gasteiger partial charge in [-0.25, -0.2) is 0 Å². The summed E-state index contributed by atoms with van der Waals surface area (Å²) in [6.07, 6.45) is -0.00519. The number of H-pyrrole nitrogens is 1. The lowest BCUT2D eigenvalue weighted by molar-refractivity contribution is -0.121. The number of alkyl halides is 2. The maximum absolute atomic E-state index is 12.6. The van der Waals surface area contributed by atoms with E-state index in [4.69, 9.17) is 12.2 Å². The van der Waals surface area contributed by atoms with Crippen LogP contribution in [0.25, 0.3) is 10.9 Å². The van der Waals surface area contributed by atoms with Crippen LogP contribution in [0.5, 0.6) is 5.75 Å². The summed E-state index contributed by atoms with van der Waals surface area (Å²) < 4.78 is 31.7. The van der Waals surface area contributed by atoms with Gasteiger partial charge in [-0.2, -0.15) is 8.78 Å². The van der Waals surface area contributed by atoms with Crippen molar-refractivity contribution >= 4 is 45.0 Å². The maximum atomic E-state index is 12.6. The number of hydrogen-bond donors (Lipinski definition) is 2. The maximum Gasteiger partial charge on any atom is 0.387 e. The van der Waals surface area contributed by atoms with Gasteiger partial charge in [-0.1, -0.05) is 28.1 Å². The van der Waals surface area contributed by atoms with Crippen LogP contribution in [0.4, 0.5) is 8.78 Å². The highest BCUT2D eigenvalue weighted by atomic mass is 79.9. The number of benzene rings is 2. The van der Waals surface area contributed by atoms with Crippen LogP contribution in [0, 0.1) is 4.77 Å². The standard InChI is InChI=1S/C19H16BrF2N3O3S/c20-12-5-6-15(28-18(21)22)11(9-12)10-23-16(26)7-8-25-17(27)13-3-1-2-4-14(13)24-19(25)29/h1-6,9,18H,7-8,10H2,(H,23,26)(H,24,29). The molecule has 0 aliphatic rings. The van der Waals surface area contributed by atoms with E-state index in [1.54, 1.807) is 36.4 Å². The van der Waals surface area contributed by atoms with E-state index in [1.165, 1.54) is 10.6 Å². The minimum atomic E-state index is -2.97. The smallest absolute Gasteiger partial charge is 0.387 e. The summed E-state index contributed by atoms with van der Waals surface area (Å²) in [4.78, 5) is 27.8. The summed E-state index contributed by atoms with van der Waals surface area (Å²) in [5.74, 6) is -0.376. The summed E-state index contributed by atoms with van der Waals surface area (Å²) in [6.45, 7) is -2.88. The van der Waals surface area contributed by atoms with Crippen molar-refractivity contribution in [2.75, 3.05) is 0 Å². The zero-order chi connectivity index (χ0) is 21.0. The van der Waals surface area contributed by atoms with Gasteiger partial charge in [0.2, 0.25) is 5.91 Å². The fraction of sp³-hybridized carbons (Fsp3) is 0.211. The van der Waals surface area contributed by atoms with Gasteiger partial charge < -0.3 is 15.0 Å². The number of ether oxygens (including phenoxy) is 1. The first-order valence-electron chi connectivity index (χ1n) is 8.57. The van der Waals surface area contributed by atoms with E-state index >= 15 is 0 Å². The lowest BCUT2D eigenvalue weighted by Crippen LogP contribution is -2.28. The summed E-state index contributed by atoms with van der Waals surface area (Å²) in [7, 11) is 0. The summed E-state index contributed by atoms with van der Waals surface area (Å²) in [5.41, 5.74) is 0.745. The van der Waals surface area contributed by atoms with Crippen LogP contribution in [0.2, 0.25) is 0 Å². The number of aromatic nitrogens is 2. The lowest BCUT2D eigenvalue weighted by atomic mass is 10.2. The molecule has 10 heteroatoms. The highest BCUT2D eigenvalue weighted by Crippen LogP contribution is 2.24. The fourth-order valence-electron chi connectivity index (χ4n) is 2.79. The normalized spacial score (nSPS) is 11.0. The highest BCUT2D eigenvalue weighted by Gasteiger charge is 2.12. The molecule has 1 amide bonds. The molecule has 0 bridgehead atoms. The molecule has 2 N–H and O–H groups in total. The molecular weight excluding hydrogens is 468 g/mol. The molecule has 3 aromatic rings. The number of carbonyl (C=O) groups excluding carboxylic acids is 1. The molecule has 29 heavy (non-hydrogen) atoms. The molecule has 1 heterocycles. The van der Waals surface area contributed by atoms with E-state index < -0.39 is 6.61 Å². The average Bonchev–Trinajstić information content (AvgIpc) is 2.67. The van der Waals surface area contributed by atoms with E-state index in [1.807, 2.05) is 0 Å². The van der Waals surface area contributed by atoms with Crippen molar-refractivity contribution in [3.05, 3.63) is 67.6 Å². The van der Waals surface area contributed by atoms with Crippen LogP contribution in [0.15, 0.2) is 51.7 Å². The van der Waals surface area contributed by atoms with E-state index in [-0.39, 0.29) is 41.5 Å². The third-order valence-corrected chi connectivity index (χ3v) is 4.98. The van der Waals surface area contributed by atoms with Crippen molar-refractivity contribution in [2.24, 2.45) is 0 Å². The number of aromatic amines is 1. The minimum Gasteiger partial charge on any atom is -0.434 e. The highest BCUT2D eigenvalue weighted by molar-refractivity contribution is 9.10. The number of hydrogen-bond acceptors (Lipinski definition) is 4. The molecule has 0 aliphatic carbocycles. The van der Waals surface area contributed by atoms with Gasteiger partial charge in [0.1, 0.15) is 5.75 Å². The Morgan fingerprint density at radius 1 is 1.28 bits per heavy atom. The molecule has 0 fully saturated rings. The zero-order valence-corrected chi connectivity index (χ0v) is 17.4. The SMILES string of the molecule is O=C(CCn1c(=S)[nH]c2ccccc2c1=O)NCc1cc(Br)ccc1OC(F)F. The van der Waals surface area contributed by atoms with Crippen molar-refractivity contribution in [1.82, 2.24) is 14.9 Å². The zero-order valence-electron chi connectivity index (χ0n) is 15.0. The number of halogens is 3. The van der Waals surface area contributed by atoms with Gasteiger partial charge in [-0.3, -0.25) is 14.2 Å². The molecule has 0 aliphatic heterocycles. The van der Waals surface area contributed by atoms with Crippen molar-refractivity contribution in [1.29, 1.82) is 0 Å². The molecule has 0 saturated carbocycles. The van der Waals surface area contributed by atoms with Crippen LogP contribution in [0.1, 0.15) is 12.0 Å². The number of carbonyl (C=O) groups is 1. The molecule has 6 nitrogen and oxygen atoms in total. The second kappa shape index (κ2) is 9.27. The van der Waals surface area contributed by atoms with Gasteiger partial charge in [0, 0.05) is 29.5 Å². The van der Waals surface area contributed by atoms with Gasteiger partial charge >= 0.3 is 6.61 Å². The largest absolute Gasteiger partial charge is 0.434 e. The molecule has 0 saturated heterocycles. The van der Waals surface area contributed by atoms with Crippen molar-refractivity contribution < 1.29 is 18.3 Å². The monoisotopic (exact) mass is 483 g/mol. The Morgan fingerprint density at radius 2 is 2.03 bits per heavy atom. The third-order valence-electron chi connectivity index (χ3n) is 4.17. The Balaban J connectivity index is 1.67.